The molecule has 1 aliphatic rings. The molecule has 1 saturated heterocycles. The summed E-state index contributed by atoms with van der Waals surface area (Å²) >= 11 is 1.54. The molecule has 2 aromatic heterocycles. The SMILES string of the molecule is CN(C)C/C=C/C(=O)N1CCC[C@@H]1c1csc(Nc2ccccn2)n1. The molecule has 25 heavy (non-hydrogen) atoms. The van der Waals surface area contributed by atoms with Gasteiger partial charge < -0.3 is 15.1 Å². The van der Waals surface area contributed by atoms with Gasteiger partial charge in [0.2, 0.25) is 5.91 Å². The number of amides is 1. The Balaban J connectivity index is 1.66. The van der Waals surface area contributed by atoms with Crippen molar-refractivity contribution in [1.29, 1.82) is 0 Å². The molecule has 1 atom stereocenters. The number of anilines is 2. The summed E-state index contributed by atoms with van der Waals surface area (Å²) in [6.07, 6.45) is 7.30. The van der Waals surface area contributed by atoms with E-state index in [1.54, 1.807) is 23.6 Å². The lowest BCUT2D eigenvalue weighted by Gasteiger charge is -2.22. The van der Waals surface area contributed by atoms with Crippen LogP contribution < -0.4 is 5.32 Å². The number of pyridine rings is 1. The highest BCUT2D eigenvalue weighted by atomic mass is 32.1. The molecule has 3 heterocycles. The summed E-state index contributed by atoms with van der Waals surface area (Å²) in [5.41, 5.74) is 0.954. The first kappa shape index (κ1) is 17.6. The minimum atomic E-state index is 0.0621. The van der Waals surface area contributed by atoms with E-state index < -0.39 is 0 Å². The molecule has 0 saturated carbocycles. The van der Waals surface area contributed by atoms with Crippen LogP contribution in [0.3, 0.4) is 0 Å². The van der Waals surface area contributed by atoms with E-state index in [4.69, 9.17) is 0 Å². The molecule has 1 N–H and O–H groups in total. The van der Waals surface area contributed by atoms with E-state index in [-0.39, 0.29) is 11.9 Å². The van der Waals surface area contributed by atoms with Crippen LogP contribution in [0.4, 0.5) is 10.9 Å². The molecule has 0 unspecified atom stereocenters. The number of aromatic nitrogens is 2. The van der Waals surface area contributed by atoms with E-state index in [1.807, 2.05) is 53.6 Å². The number of rotatable bonds is 6. The smallest absolute Gasteiger partial charge is 0.246 e. The minimum absolute atomic E-state index is 0.0621. The first-order valence-corrected chi connectivity index (χ1v) is 9.27. The second kappa shape index (κ2) is 8.22. The Hall–Kier alpha value is -2.25. The maximum Gasteiger partial charge on any atom is 0.246 e. The van der Waals surface area contributed by atoms with Crippen LogP contribution in [0.25, 0.3) is 0 Å². The van der Waals surface area contributed by atoms with Crippen molar-refractivity contribution in [3.8, 4) is 0 Å². The molecule has 3 rings (SSSR count). The summed E-state index contributed by atoms with van der Waals surface area (Å²) in [6.45, 7) is 1.55. The second-order valence-corrected chi connectivity index (χ2v) is 7.13. The molecule has 0 radical (unpaired) electrons. The number of nitrogens with zero attached hydrogens (tertiary/aromatic N) is 4. The van der Waals surface area contributed by atoms with Gasteiger partial charge in [-0.05, 0) is 39.1 Å². The largest absolute Gasteiger partial charge is 0.331 e. The van der Waals surface area contributed by atoms with E-state index in [1.165, 1.54) is 0 Å². The quantitative estimate of drug-likeness (QED) is 0.805. The van der Waals surface area contributed by atoms with Gasteiger partial charge in [0.1, 0.15) is 5.82 Å². The second-order valence-electron chi connectivity index (χ2n) is 6.27. The molecule has 1 aliphatic heterocycles. The van der Waals surface area contributed by atoms with Crippen molar-refractivity contribution in [2.24, 2.45) is 0 Å². The Morgan fingerprint density at radius 1 is 1.48 bits per heavy atom. The summed E-state index contributed by atoms with van der Waals surface area (Å²) in [5.74, 6) is 0.839. The first-order valence-electron chi connectivity index (χ1n) is 8.39. The molecular formula is C18H23N5OS. The van der Waals surface area contributed by atoms with E-state index >= 15 is 0 Å². The molecule has 6 nitrogen and oxygen atoms in total. The van der Waals surface area contributed by atoms with Gasteiger partial charge >= 0.3 is 0 Å². The van der Waals surface area contributed by atoms with Gasteiger partial charge in [-0.15, -0.1) is 11.3 Å². The zero-order valence-corrected chi connectivity index (χ0v) is 15.4. The van der Waals surface area contributed by atoms with Gasteiger partial charge in [-0.1, -0.05) is 12.1 Å². The van der Waals surface area contributed by atoms with Crippen molar-refractivity contribution in [2.45, 2.75) is 18.9 Å². The Kier molecular flexibility index (Phi) is 5.78. The Bertz CT molecular complexity index is 728. The number of thiazole rings is 1. The van der Waals surface area contributed by atoms with Crippen LogP contribution in [0.15, 0.2) is 41.9 Å². The molecular weight excluding hydrogens is 334 g/mol. The topological polar surface area (TPSA) is 61.4 Å². The maximum atomic E-state index is 12.5. The number of likely N-dealkylation sites (tertiary alicyclic amines) is 1. The highest BCUT2D eigenvalue weighted by Gasteiger charge is 2.30. The zero-order chi connectivity index (χ0) is 17.6. The standard InChI is InChI=1S/C18H23N5OS/c1-22(2)11-6-9-17(24)23-12-5-7-15(23)14-13-25-18(20-14)21-16-8-3-4-10-19-16/h3-4,6,8-10,13,15H,5,7,11-12H2,1-2H3,(H,19,20,21)/b9-6+/t15-/m1/s1. The monoisotopic (exact) mass is 357 g/mol. The van der Waals surface area contributed by atoms with Crippen molar-refractivity contribution in [1.82, 2.24) is 19.8 Å². The van der Waals surface area contributed by atoms with Crippen LogP contribution >= 0.6 is 11.3 Å². The fourth-order valence-corrected chi connectivity index (χ4v) is 3.60. The number of hydrogen-bond donors (Lipinski definition) is 1. The number of nitrogens with one attached hydrogen (secondary N) is 1. The average molecular weight is 357 g/mol. The molecule has 0 spiro atoms. The molecule has 7 heteroatoms. The third-order valence-electron chi connectivity index (χ3n) is 4.03. The van der Waals surface area contributed by atoms with Crippen LogP contribution in [-0.4, -0.2) is 52.9 Å². The van der Waals surface area contributed by atoms with E-state index in [9.17, 15) is 4.79 Å². The van der Waals surface area contributed by atoms with Crippen molar-refractivity contribution in [2.75, 3.05) is 32.5 Å². The van der Waals surface area contributed by atoms with Crippen molar-refractivity contribution >= 4 is 28.2 Å². The summed E-state index contributed by atoms with van der Waals surface area (Å²) in [7, 11) is 3.97. The molecule has 1 fully saturated rings. The highest BCUT2D eigenvalue weighted by molar-refractivity contribution is 7.13. The number of hydrogen-bond acceptors (Lipinski definition) is 6. The molecule has 0 aliphatic carbocycles. The predicted octanol–water partition coefficient (Wildman–Crippen LogP) is 3.06. The molecule has 1 amide bonds. The molecule has 132 valence electrons. The van der Waals surface area contributed by atoms with Crippen LogP contribution in [0.2, 0.25) is 0 Å². The Morgan fingerprint density at radius 3 is 3.12 bits per heavy atom. The minimum Gasteiger partial charge on any atom is -0.331 e. The van der Waals surface area contributed by atoms with Gasteiger partial charge in [-0.2, -0.15) is 0 Å². The lowest BCUT2D eigenvalue weighted by atomic mass is 10.1. The number of carbonyl (C=O) groups is 1. The molecule has 0 aromatic carbocycles. The fraction of sp³-hybridized carbons (Fsp3) is 0.389. The van der Waals surface area contributed by atoms with E-state index in [0.29, 0.717) is 0 Å². The van der Waals surface area contributed by atoms with Gasteiger partial charge in [0.15, 0.2) is 5.13 Å². The molecule has 2 aromatic rings. The van der Waals surface area contributed by atoms with Crippen molar-refractivity contribution in [3.63, 3.8) is 0 Å². The maximum absolute atomic E-state index is 12.5. The summed E-state index contributed by atoms with van der Waals surface area (Å²) < 4.78 is 0. The predicted molar refractivity (Wildman–Crippen MR) is 101 cm³/mol. The Labute approximate surface area is 152 Å². The van der Waals surface area contributed by atoms with Gasteiger partial charge in [0.05, 0.1) is 11.7 Å². The highest BCUT2D eigenvalue weighted by Crippen LogP contribution is 2.34. The summed E-state index contributed by atoms with van der Waals surface area (Å²) in [5, 5.41) is 6.05. The van der Waals surface area contributed by atoms with Gasteiger partial charge in [0, 0.05) is 30.7 Å². The molecule has 0 bridgehead atoms. The van der Waals surface area contributed by atoms with Gasteiger partial charge in [0.25, 0.3) is 0 Å². The van der Waals surface area contributed by atoms with Crippen LogP contribution in [0.1, 0.15) is 24.6 Å². The third kappa shape index (κ3) is 4.64. The number of likely N-dealkylation sites (N-methyl/N-ethyl adjacent to an activating group) is 1. The third-order valence-corrected chi connectivity index (χ3v) is 4.81. The van der Waals surface area contributed by atoms with Crippen LogP contribution in [0.5, 0.6) is 0 Å². The lowest BCUT2D eigenvalue weighted by Crippen LogP contribution is -2.29. The van der Waals surface area contributed by atoms with E-state index in [0.717, 1.165) is 42.6 Å². The van der Waals surface area contributed by atoms with Crippen molar-refractivity contribution < 1.29 is 4.79 Å². The summed E-state index contributed by atoms with van der Waals surface area (Å²) in [6, 6.07) is 5.78. The van der Waals surface area contributed by atoms with Gasteiger partial charge in [-0.25, -0.2) is 9.97 Å². The van der Waals surface area contributed by atoms with Crippen molar-refractivity contribution in [3.05, 3.63) is 47.6 Å². The zero-order valence-electron chi connectivity index (χ0n) is 14.6. The lowest BCUT2D eigenvalue weighted by molar-refractivity contribution is -0.127. The van der Waals surface area contributed by atoms with Crippen LogP contribution in [0, 0.1) is 0 Å². The van der Waals surface area contributed by atoms with Crippen LogP contribution in [-0.2, 0) is 4.79 Å². The summed E-state index contributed by atoms with van der Waals surface area (Å²) in [4.78, 5) is 25.4. The average Bonchev–Trinajstić information content (AvgIpc) is 3.24. The number of carbonyl (C=O) groups excluding carboxylic acids is 1. The first-order chi connectivity index (χ1) is 12.1. The van der Waals surface area contributed by atoms with E-state index in [2.05, 4.69) is 15.3 Å². The van der Waals surface area contributed by atoms with Gasteiger partial charge in [-0.3, -0.25) is 4.79 Å². The fourth-order valence-electron chi connectivity index (χ4n) is 2.84. The normalized spacial score (nSPS) is 17.6. The Morgan fingerprint density at radius 2 is 2.36 bits per heavy atom.